The highest BCUT2D eigenvalue weighted by Crippen LogP contribution is 2.10. The maximum Gasteiger partial charge on any atom is 0.252 e. The molecule has 96 valence electrons. The molecule has 6 nitrogen and oxygen atoms in total. The van der Waals surface area contributed by atoms with Crippen molar-refractivity contribution in [1.29, 1.82) is 5.26 Å². The van der Waals surface area contributed by atoms with Crippen molar-refractivity contribution >= 4 is 5.91 Å². The van der Waals surface area contributed by atoms with E-state index in [1.807, 2.05) is 11.0 Å². The Balaban J connectivity index is 1.71. The molecule has 0 bridgehead atoms. The number of rotatable bonds is 4. The summed E-state index contributed by atoms with van der Waals surface area (Å²) < 4.78 is 1.61. The third-order valence-electron chi connectivity index (χ3n) is 3.12. The second-order valence-corrected chi connectivity index (χ2v) is 4.49. The van der Waals surface area contributed by atoms with Crippen LogP contribution in [0.5, 0.6) is 0 Å². The lowest BCUT2D eigenvalue weighted by Crippen LogP contribution is -2.35. The first kappa shape index (κ1) is 12.6. The molecule has 1 aromatic rings. The fraction of sp³-hybridized carbons (Fsp3) is 0.667. The van der Waals surface area contributed by atoms with Gasteiger partial charge in [0.05, 0.1) is 0 Å². The molecule has 0 saturated carbocycles. The molecule has 1 aliphatic rings. The highest BCUT2D eigenvalue weighted by atomic mass is 16.2. The number of amides is 1. The molecule has 2 heterocycles. The fourth-order valence-corrected chi connectivity index (χ4v) is 2.15. The predicted octanol–water partition coefficient (Wildman–Crippen LogP) is 0.942. The molecule has 6 heteroatoms. The molecule has 1 aliphatic heterocycles. The molecule has 1 aromatic heterocycles. The number of aromatic nitrogens is 3. The average molecular weight is 247 g/mol. The lowest BCUT2D eigenvalue weighted by molar-refractivity contribution is -0.132. The van der Waals surface area contributed by atoms with Crippen molar-refractivity contribution in [3.8, 4) is 6.07 Å². The first-order chi connectivity index (χ1) is 8.79. The van der Waals surface area contributed by atoms with Crippen LogP contribution in [0, 0.1) is 11.3 Å². The Morgan fingerprint density at radius 3 is 2.83 bits per heavy atom. The SMILES string of the molecule is N#Cc1ncn(CCCC(=O)N2CCCCC2)n1. The normalized spacial score (nSPS) is 15.4. The third kappa shape index (κ3) is 3.29. The van der Waals surface area contributed by atoms with Crippen molar-refractivity contribution in [1.82, 2.24) is 19.7 Å². The standard InChI is InChI=1S/C12H17N5O/c13-9-11-14-10-17(15-11)8-4-5-12(18)16-6-2-1-3-7-16/h10H,1-8H2. The van der Waals surface area contributed by atoms with Gasteiger partial charge in [0.2, 0.25) is 5.91 Å². The summed E-state index contributed by atoms with van der Waals surface area (Å²) in [7, 11) is 0. The number of carbonyl (C=O) groups excluding carboxylic acids is 1. The molecule has 2 rings (SSSR count). The Labute approximate surface area is 106 Å². The van der Waals surface area contributed by atoms with Crippen molar-refractivity contribution in [2.45, 2.75) is 38.6 Å². The van der Waals surface area contributed by atoms with Crippen LogP contribution in [-0.4, -0.2) is 38.7 Å². The number of hydrogen-bond donors (Lipinski definition) is 0. The van der Waals surface area contributed by atoms with E-state index in [1.54, 1.807) is 4.68 Å². The van der Waals surface area contributed by atoms with E-state index in [0.717, 1.165) is 32.4 Å². The molecule has 1 fully saturated rings. The first-order valence-corrected chi connectivity index (χ1v) is 6.37. The van der Waals surface area contributed by atoms with Crippen LogP contribution in [0.2, 0.25) is 0 Å². The maximum atomic E-state index is 11.9. The molecule has 0 spiro atoms. The van der Waals surface area contributed by atoms with Crippen LogP contribution < -0.4 is 0 Å². The highest BCUT2D eigenvalue weighted by molar-refractivity contribution is 5.76. The summed E-state index contributed by atoms with van der Waals surface area (Å²) in [6.45, 7) is 2.44. The Morgan fingerprint density at radius 1 is 1.39 bits per heavy atom. The number of piperidine rings is 1. The molecule has 1 amide bonds. The minimum Gasteiger partial charge on any atom is -0.343 e. The first-order valence-electron chi connectivity index (χ1n) is 6.37. The summed E-state index contributed by atoms with van der Waals surface area (Å²) >= 11 is 0. The Morgan fingerprint density at radius 2 is 2.17 bits per heavy atom. The topological polar surface area (TPSA) is 74.8 Å². The second-order valence-electron chi connectivity index (χ2n) is 4.49. The van der Waals surface area contributed by atoms with Crippen LogP contribution in [0.15, 0.2) is 6.33 Å². The van der Waals surface area contributed by atoms with Gasteiger partial charge in [0, 0.05) is 26.1 Å². The monoisotopic (exact) mass is 247 g/mol. The maximum absolute atomic E-state index is 11.9. The zero-order valence-corrected chi connectivity index (χ0v) is 10.4. The zero-order valence-electron chi connectivity index (χ0n) is 10.4. The third-order valence-corrected chi connectivity index (χ3v) is 3.12. The number of nitriles is 1. The van der Waals surface area contributed by atoms with Gasteiger partial charge >= 0.3 is 0 Å². The minimum atomic E-state index is 0.178. The lowest BCUT2D eigenvalue weighted by atomic mass is 10.1. The fourth-order valence-electron chi connectivity index (χ4n) is 2.15. The predicted molar refractivity (Wildman–Crippen MR) is 64.4 cm³/mol. The van der Waals surface area contributed by atoms with E-state index in [2.05, 4.69) is 10.1 Å². The van der Waals surface area contributed by atoms with Gasteiger partial charge in [0.15, 0.2) is 0 Å². The van der Waals surface area contributed by atoms with Gasteiger partial charge in [0.1, 0.15) is 12.4 Å². The molecule has 0 N–H and O–H groups in total. The second kappa shape index (κ2) is 6.15. The largest absolute Gasteiger partial charge is 0.343 e. The van der Waals surface area contributed by atoms with Crippen LogP contribution in [0.25, 0.3) is 0 Å². The Kier molecular flexibility index (Phi) is 4.29. The quantitative estimate of drug-likeness (QED) is 0.793. The van der Waals surface area contributed by atoms with Gasteiger partial charge in [-0.05, 0) is 25.7 Å². The van der Waals surface area contributed by atoms with Crippen LogP contribution >= 0.6 is 0 Å². The molecule has 0 aromatic carbocycles. The van der Waals surface area contributed by atoms with Crippen LogP contribution in [0.1, 0.15) is 37.9 Å². The number of carbonyl (C=O) groups is 1. The van der Waals surface area contributed by atoms with Crippen molar-refractivity contribution in [3.05, 3.63) is 12.2 Å². The van der Waals surface area contributed by atoms with Crippen LogP contribution in [-0.2, 0) is 11.3 Å². The van der Waals surface area contributed by atoms with Gasteiger partial charge in [-0.25, -0.2) is 4.98 Å². The number of likely N-dealkylation sites (tertiary alicyclic amines) is 1. The molecule has 1 saturated heterocycles. The van der Waals surface area contributed by atoms with E-state index in [9.17, 15) is 4.79 Å². The van der Waals surface area contributed by atoms with Gasteiger partial charge in [0.25, 0.3) is 5.82 Å². The van der Waals surface area contributed by atoms with E-state index in [4.69, 9.17) is 5.26 Å². The lowest BCUT2D eigenvalue weighted by Gasteiger charge is -2.26. The van der Waals surface area contributed by atoms with E-state index in [-0.39, 0.29) is 11.7 Å². The van der Waals surface area contributed by atoms with Gasteiger partial charge < -0.3 is 4.90 Å². The smallest absolute Gasteiger partial charge is 0.252 e. The summed E-state index contributed by atoms with van der Waals surface area (Å²) in [5.74, 6) is 0.410. The summed E-state index contributed by atoms with van der Waals surface area (Å²) in [5, 5.41) is 12.5. The Hall–Kier alpha value is -1.90. The summed E-state index contributed by atoms with van der Waals surface area (Å²) in [5.41, 5.74) is 0. The van der Waals surface area contributed by atoms with Crippen molar-refractivity contribution in [3.63, 3.8) is 0 Å². The number of hydrogen-bond acceptors (Lipinski definition) is 4. The zero-order chi connectivity index (χ0) is 12.8. The molecule has 0 atom stereocenters. The van der Waals surface area contributed by atoms with Crippen LogP contribution in [0.4, 0.5) is 0 Å². The number of nitrogens with zero attached hydrogens (tertiary/aromatic N) is 5. The van der Waals surface area contributed by atoms with Crippen molar-refractivity contribution < 1.29 is 4.79 Å². The Bertz CT molecular complexity index is 442. The van der Waals surface area contributed by atoms with Crippen molar-refractivity contribution in [2.75, 3.05) is 13.1 Å². The van der Waals surface area contributed by atoms with Crippen molar-refractivity contribution in [2.24, 2.45) is 0 Å². The summed E-state index contributed by atoms with van der Waals surface area (Å²) in [6.07, 6.45) is 6.30. The van der Waals surface area contributed by atoms with Gasteiger partial charge in [-0.1, -0.05) is 0 Å². The molecule has 18 heavy (non-hydrogen) atoms. The molecule has 0 aliphatic carbocycles. The summed E-state index contributed by atoms with van der Waals surface area (Å²) in [4.78, 5) is 17.6. The molecule has 0 radical (unpaired) electrons. The van der Waals surface area contributed by atoms with Gasteiger partial charge in [-0.3, -0.25) is 9.48 Å². The molecular weight excluding hydrogens is 230 g/mol. The molecular formula is C12H17N5O. The van der Waals surface area contributed by atoms with Gasteiger partial charge in [-0.15, -0.1) is 5.10 Å². The van der Waals surface area contributed by atoms with E-state index < -0.39 is 0 Å². The average Bonchev–Trinajstić information content (AvgIpc) is 2.87. The van der Waals surface area contributed by atoms with Crippen LogP contribution in [0.3, 0.4) is 0 Å². The van der Waals surface area contributed by atoms with E-state index in [0.29, 0.717) is 13.0 Å². The summed E-state index contributed by atoms with van der Waals surface area (Å²) in [6, 6.07) is 1.88. The molecule has 0 unspecified atom stereocenters. The van der Waals surface area contributed by atoms with E-state index in [1.165, 1.54) is 12.7 Å². The van der Waals surface area contributed by atoms with E-state index >= 15 is 0 Å². The highest BCUT2D eigenvalue weighted by Gasteiger charge is 2.15. The number of aryl methyl sites for hydroxylation is 1. The minimum absolute atomic E-state index is 0.178. The van der Waals surface area contributed by atoms with Gasteiger partial charge in [-0.2, -0.15) is 5.26 Å².